The molecule has 2 aromatic rings. The van der Waals surface area contributed by atoms with Crippen molar-refractivity contribution in [1.29, 1.82) is 0 Å². The topological polar surface area (TPSA) is 73.2 Å². The molecule has 1 aliphatic heterocycles. The van der Waals surface area contributed by atoms with Gasteiger partial charge in [-0.25, -0.2) is 4.68 Å². The molecule has 6 nitrogen and oxygen atoms in total. The summed E-state index contributed by atoms with van der Waals surface area (Å²) in [6.45, 7) is 3.89. The molecule has 8 heteroatoms. The molecule has 3 rings (SSSR count). The van der Waals surface area contributed by atoms with Crippen molar-refractivity contribution < 1.29 is 14.3 Å². The second-order valence-electron chi connectivity index (χ2n) is 5.60. The molecule has 0 spiro atoms. The van der Waals surface area contributed by atoms with Crippen LogP contribution in [0.3, 0.4) is 0 Å². The molecular weight excluding hydrogens is 362 g/mol. The highest BCUT2D eigenvalue weighted by atomic mass is 35.5. The number of hydrogen-bond acceptors (Lipinski definition) is 5. The molecule has 0 bridgehead atoms. The van der Waals surface area contributed by atoms with Gasteiger partial charge in [0.15, 0.2) is 0 Å². The van der Waals surface area contributed by atoms with E-state index in [0.717, 1.165) is 16.8 Å². The van der Waals surface area contributed by atoms with Crippen LogP contribution in [0.5, 0.6) is 0 Å². The number of carbonyl (C=O) groups is 2. The zero-order valence-corrected chi connectivity index (χ0v) is 15.5. The Bertz CT molecular complexity index is 804. The van der Waals surface area contributed by atoms with Crippen LogP contribution < -0.4 is 5.32 Å². The fourth-order valence-corrected chi connectivity index (χ4v) is 4.11. The van der Waals surface area contributed by atoms with E-state index in [1.54, 1.807) is 6.92 Å². The van der Waals surface area contributed by atoms with Crippen LogP contribution in [0.1, 0.15) is 29.0 Å². The van der Waals surface area contributed by atoms with Crippen LogP contribution in [-0.4, -0.2) is 34.0 Å². The first-order valence-corrected chi connectivity index (χ1v) is 9.32. The van der Waals surface area contributed by atoms with Crippen molar-refractivity contribution in [3.63, 3.8) is 0 Å². The zero-order chi connectivity index (χ0) is 18.0. The van der Waals surface area contributed by atoms with E-state index in [-0.39, 0.29) is 23.7 Å². The van der Waals surface area contributed by atoms with Crippen molar-refractivity contribution >= 4 is 41.1 Å². The molecule has 1 aromatic heterocycles. The fraction of sp³-hybridized carbons (Fsp3) is 0.353. The molecule has 0 fully saturated rings. The third-order valence-corrected chi connectivity index (χ3v) is 5.35. The van der Waals surface area contributed by atoms with E-state index in [0.29, 0.717) is 23.2 Å². The highest BCUT2D eigenvalue weighted by Gasteiger charge is 2.30. The van der Waals surface area contributed by atoms with E-state index in [2.05, 4.69) is 10.4 Å². The number of aromatic nitrogens is 2. The largest absolute Gasteiger partial charge is 0.465 e. The Balaban J connectivity index is 2.03. The van der Waals surface area contributed by atoms with E-state index >= 15 is 0 Å². The molecule has 0 saturated carbocycles. The maximum absolute atomic E-state index is 12.1. The lowest BCUT2D eigenvalue weighted by Gasteiger charge is -2.15. The Kier molecular flexibility index (Phi) is 5.34. The molecule has 0 aliphatic carbocycles. The summed E-state index contributed by atoms with van der Waals surface area (Å²) >= 11 is 7.51. The van der Waals surface area contributed by atoms with Crippen molar-refractivity contribution in [2.75, 3.05) is 17.7 Å². The highest BCUT2D eigenvalue weighted by molar-refractivity contribution is 8.00. The predicted molar refractivity (Wildman–Crippen MR) is 98.0 cm³/mol. The van der Waals surface area contributed by atoms with Crippen LogP contribution in [0.4, 0.5) is 5.82 Å². The minimum Gasteiger partial charge on any atom is -0.465 e. The van der Waals surface area contributed by atoms with Crippen LogP contribution in [0.2, 0.25) is 5.02 Å². The summed E-state index contributed by atoms with van der Waals surface area (Å²) in [7, 11) is 0. The van der Waals surface area contributed by atoms with Gasteiger partial charge in [0.2, 0.25) is 5.91 Å². The van der Waals surface area contributed by atoms with Gasteiger partial charge >= 0.3 is 5.97 Å². The van der Waals surface area contributed by atoms with Gasteiger partial charge in [-0.1, -0.05) is 23.7 Å². The van der Waals surface area contributed by atoms with Crippen molar-refractivity contribution in [3.8, 4) is 0 Å². The number of fused-ring (bicyclic) bond motifs is 1. The number of rotatable bonds is 4. The number of halogens is 1. The number of anilines is 1. The van der Waals surface area contributed by atoms with Gasteiger partial charge in [-0.3, -0.25) is 9.59 Å². The molecule has 1 amide bonds. The van der Waals surface area contributed by atoms with Crippen LogP contribution in [0.25, 0.3) is 0 Å². The minimum absolute atomic E-state index is 0.0394. The van der Waals surface area contributed by atoms with E-state index in [1.165, 1.54) is 16.4 Å². The van der Waals surface area contributed by atoms with Crippen LogP contribution in [-0.2, 0) is 20.9 Å². The quantitative estimate of drug-likeness (QED) is 0.826. The van der Waals surface area contributed by atoms with Crippen molar-refractivity contribution in [2.45, 2.75) is 25.6 Å². The molecule has 132 valence electrons. The third kappa shape index (κ3) is 3.82. The lowest BCUT2D eigenvalue weighted by molar-refractivity contribution is -0.144. The molecular formula is C17H18ClN3O3S. The molecule has 0 radical (unpaired) electrons. The fourth-order valence-electron chi connectivity index (χ4n) is 2.80. The van der Waals surface area contributed by atoms with E-state index in [1.807, 2.05) is 31.2 Å². The molecule has 1 unspecified atom stereocenters. The van der Waals surface area contributed by atoms with E-state index in [4.69, 9.17) is 16.3 Å². The average molecular weight is 380 g/mol. The SMILES string of the molecule is CCOC(=O)Cn1nc(C)c2c1NC(=O)CSC2c1ccc(Cl)cc1. The third-order valence-electron chi connectivity index (χ3n) is 3.83. The Morgan fingerprint density at radius 3 is 2.84 bits per heavy atom. The second kappa shape index (κ2) is 7.49. The number of aryl methyl sites for hydroxylation is 1. The van der Waals surface area contributed by atoms with Crippen LogP contribution in [0, 0.1) is 6.92 Å². The molecule has 2 heterocycles. The van der Waals surface area contributed by atoms with Crippen LogP contribution >= 0.6 is 23.4 Å². The summed E-state index contributed by atoms with van der Waals surface area (Å²) in [6.07, 6.45) is 0. The number of thioether (sulfide) groups is 1. The van der Waals surface area contributed by atoms with Gasteiger partial charge < -0.3 is 10.1 Å². The molecule has 1 aliphatic rings. The van der Waals surface area contributed by atoms with Crippen molar-refractivity contribution in [2.24, 2.45) is 0 Å². The van der Waals surface area contributed by atoms with E-state index in [9.17, 15) is 9.59 Å². The molecule has 1 N–H and O–H groups in total. The number of benzene rings is 1. The van der Waals surface area contributed by atoms with E-state index < -0.39 is 0 Å². The van der Waals surface area contributed by atoms with Gasteiger partial charge in [0.1, 0.15) is 12.4 Å². The Hall–Kier alpha value is -1.99. The number of amides is 1. The summed E-state index contributed by atoms with van der Waals surface area (Å²) in [4.78, 5) is 24.0. The monoisotopic (exact) mass is 379 g/mol. The van der Waals surface area contributed by atoms with Crippen molar-refractivity contribution in [3.05, 3.63) is 46.1 Å². The first-order chi connectivity index (χ1) is 12.0. The summed E-state index contributed by atoms with van der Waals surface area (Å²) in [5.74, 6) is 0.371. The van der Waals surface area contributed by atoms with Gasteiger partial charge in [-0.05, 0) is 31.5 Å². The molecule has 0 saturated heterocycles. The average Bonchev–Trinajstić information content (AvgIpc) is 2.75. The van der Waals surface area contributed by atoms with Gasteiger partial charge in [-0.15, -0.1) is 11.8 Å². The molecule has 1 atom stereocenters. The van der Waals surface area contributed by atoms with Gasteiger partial charge in [-0.2, -0.15) is 5.10 Å². The second-order valence-corrected chi connectivity index (χ2v) is 7.13. The number of nitrogens with zero attached hydrogens (tertiary/aromatic N) is 2. The summed E-state index contributed by atoms with van der Waals surface area (Å²) in [5, 5.41) is 7.91. The normalized spacial score (nSPS) is 16.8. The maximum atomic E-state index is 12.1. The van der Waals surface area contributed by atoms with Gasteiger partial charge in [0, 0.05) is 10.6 Å². The highest BCUT2D eigenvalue weighted by Crippen LogP contribution is 2.43. The zero-order valence-electron chi connectivity index (χ0n) is 13.9. The number of hydrogen-bond donors (Lipinski definition) is 1. The Morgan fingerprint density at radius 2 is 2.16 bits per heavy atom. The predicted octanol–water partition coefficient (Wildman–Crippen LogP) is 3.18. The van der Waals surface area contributed by atoms with Crippen molar-refractivity contribution in [1.82, 2.24) is 9.78 Å². The van der Waals surface area contributed by atoms with Gasteiger partial charge in [0.05, 0.1) is 23.3 Å². The lowest BCUT2D eigenvalue weighted by atomic mass is 10.0. The lowest BCUT2D eigenvalue weighted by Crippen LogP contribution is -2.20. The summed E-state index contributed by atoms with van der Waals surface area (Å²) < 4.78 is 6.51. The maximum Gasteiger partial charge on any atom is 0.327 e. The number of esters is 1. The standard InChI is InChI=1S/C17H18ClN3O3S/c1-3-24-14(23)8-21-17-15(10(2)20-21)16(25-9-13(22)19-17)11-4-6-12(18)7-5-11/h4-7,16H,3,8-9H2,1-2H3,(H,19,22). The summed E-state index contributed by atoms with van der Waals surface area (Å²) in [5.41, 5.74) is 2.71. The number of ether oxygens (including phenoxy) is 1. The smallest absolute Gasteiger partial charge is 0.327 e. The van der Waals surface area contributed by atoms with Crippen LogP contribution in [0.15, 0.2) is 24.3 Å². The summed E-state index contributed by atoms with van der Waals surface area (Å²) in [6, 6.07) is 7.55. The molecule has 25 heavy (non-hydrogen) atoms. The first kappa shape index (κ1) is 17.8. The molecule has 1 aromatic carbocycles. The first-order valence-electron chi connectivity index (χ1n) is 7.89. The minimum atomic E-state index is -0.387. The number of nitrogens with one attached hydrogen (secondary N) is 1. The van der Waals surface area contributed by atoms with Gasteiger partial charge in [0.25, 0.3) is 0 Å². The Morgan fingerprint density at radius 1 is 1.44 bits per heavy atom. The Labute approximate surface area is 154 Å². The number of carbonyl (C=O) groups excluding carboxylic acids is 2.